The van der Waals surface area contributed by atoms with Gasteiger partial charge < -0.3 is 20.1 Å². The van der Waals surface area contributed by atoms with Gasteiger partial charge in [-0.1, -0.05) is 30.3 Å². The van der Waals surface area contributed by atoms with Gasteiger partial charge in [0.05, 0.1) is 12.0 Å². The summed E-state index contributed by atoms with van der Waals surface area (Å²) in [6.45, 7) is 11.9. The molecule has 0 saturated carbocycles. The number of benzene rings is 1. The van der Waals surface area contributed by atoms with E-state index in [0.717, 1.165) is 11.1 Å². The second-order valence-electron chi connectivity index (χ2n) is 10.6. The Labute approximate surface area is 195 Å². The van der Waals surface area contributed by atoms with Gasteiger partial charge in [0, 0.05) is 25.2 Å². The van der Waals surface area contributed by atoms with Gasteiger partial charge in [0.2, 0.25) is 0 Å². The van der Waals surface area contributed by atoms with Crippen molar-refractivity contribution in [2.24, 2.45) is 11.8 Å². The number of hydrogen-bond donors (Lipinski definition) is 2. The molecule has 2 aliphatic rings. The first-order chi connectivity index (χ1) is 15.3. The summed E-state index contributed by atoms with van der Waals surface area (Å²) in [6, 6.07) is 7.58. The Morgan fingerprint density at radius 3 is 2.42 bits per heavy atom. The van der Waals surface area contributed by atoms with E-state index in [9.17, 15) is 14.4 Å². The number of nitrogens with zero attached hydrogens (tertiary/aromatic N) is 1. The minimum atomic E-state index is -0.621. The molecule has 0 radical (unpaired) electrons. The van der Waals surface area contributed by atoms with E-state index in [1.54, 1.807) is 6.20 Å². The van der Waals surface area contributed by atoms with Crippen LogP contribution < -0.4 is 10.6 Å². The summed E-state index contributed by atoms with van der Waals surface area (Å²) < 4.78 is 11.2. The van der Waals surface area contributed by atoms with E-state index in [4.69, 9.17) is 9.47 Å². The minimum Gasteiger partial charge on any atom is -0.460 e. The standard InChI is InChI=1S/C25H35N3O5/c1-24(2,3)32-21(29)19(18-10-11-28(15-18)23(31)33-25(4,5)6)13-16-8-7-9-17(12-16)20-14-26-22(30)27-20/h7-12,18-20H,13-15H2,1-6H3,(H2,26,27,30)/t18-,19-,20?/m0/s1. The Kier molecular flexibility index (Phi) is 7.05. The summed E-state index contributed by atoms with van der Waals surface area (Å²) in [7, 11) is 0. The van der Waals surface area contributed by atoms with Gasteiger partial charge in [-0.3, -0.25) is 9.69 Å². The number of urea groups is 1. The number of carbonyl (C=O) groups excluding carboxylic acids is 3. The second-order valence-corrected chi connectivity index (χ2v) is 10.6. The quantitative estimate of drug-likeness (QED) is 0.653. The predicted octanol–water partition coefficient (Wildman–Crippen LogP) is 3.92. The van der Waals surface area contributed by atoms with E-state index in [1.165, 1.54) is 4.90 Å². The van der Waals surface area contributed by atoms with Crippen LogP contribution in [0.25, 0.3) is 0 Å². The van der Waals surface area contributed by atoms with Gasteiger partial charge in [-0.2, -0.15) is 0 Å². The highest BCUT2D eigenvalue weighted by molar-refractivity contribution is 5.77. The summed E-state index contributed by atoms with van der Waals surface area (Å²) in [5.74, 6) is -0.979. The maximum Gasteiger partial charge on any atom is 0.414 e. The summed E-state index contributed by atoms with van der Waals surface area (Å²) in [5, 5.41) is 5.65. The van der Waals surface area contributed by atoms with Crippen molar-refractivity contribution in [1.82, 2.24) is 15.5 Å². The molecule has 1 saturated heterocycles. The van der Waals surface area contributed by atoms with Crippen LogP contribution in [0.15, 0.2) is 36.5 Å². The minimum absolute atomic E-state index is 0.105. The number of rotatable bonds is 5. The van der Waals surface area contributed by atoms with Crippen molar-refractivity contribution >= 4 is 18.1 Å². The molecule has 2 heterocycles. The maximum atomic E-state index is 13.2. The molecule has 3 rings (SSSR count). The molecule has 8 nitrogen and oxygen atoms in total. The topological polar surface area (TPSA) is 97.0 Å². The van der Waals surface area contributed by atoms with Gasteiger partial charge in [0.15, 0.2) is 0 Å². The highest BCUT2D eigenvalue weighted by Crippen LogP contribution is 2.29. The Hall–Kier alpha value is -3.03. The van der Waals surface area contributed by atoms with Crippen LogP contribution in [0.5, 0.6) is 0 Å². The second kappa shape index (κ2) is 9.45. The smallest absolute Gasteiger partial charge is 0.414 e. The first kappa shape index (κ1) is 24.6. The molecule has 8 heteroatoms. The zero-order chi connectivity index (χ0) is 24.4. The van der Waals surface area contributed by atoms with Crippen molar-refractivity contribution in [3.8, 4) is 0 Å². The Morgan fingerprint density at radius 1 is 1.12 bits per heavy atom. The van der Waals surface area contributed by atoms with Gasteiger partial charge in [0.1, 0.15) is 11.2 Å². The fourth-order valence-corrected chi connectivity index (χ4v) is 3.91. The van der Waals surface area contributed by atoms with Crippen molar-refractivity contribution in [1.29, 1.82) is 0 Å². The molecule has 180 valence electrons. The van der Waals surface area contributed by atoms with Crippen molar-refractivity contribution in [3.63, 3.8) is 0 Å². The number of carbonyl (C=O) groups is 3. The molecule has 1 aromatic carbocycles. The van der Waals surface area contributed by atoms with Crippen LogP contribution >= 0.6 is 0 Å². The van der Waals surface area contributed by atoms with E-state index >= 15 is 0 Å². The number of esters is 1. The van der Waals surface area contributed by atoms with E-state index < -0.39 is 23.2 Å². The lowest BCUT2D eigenvalue weighted by Crippen LogP contribution is -2.38. The molecule has 0 bridgehead atoms. The Bertz CT molecular complexity index is 929. The molecule has 0 aromatic heterocycles. The molecule has 2 N–H and O–H groups in total. The SMILES string of the molecule is CC(C)(C)OC(=O)[C@@H](Cc1cccc(C2CNC(=O)N2)c1)[C@H]1C=CN(C(=O)OC(C)(C)C)C1. The first-order valence-electron chi connectivity index (χ1n) is 11.3. The van der Waals surface area contributed by atoms with Crippen LogP contribution in [0.3, 0.4) is 0 Å². The van der Waals surface area contributed by atoms with Crippen LogP contribution in [-0.4, -0.2) is 47.3 Å². The monoisotopic (exact) mass is 457 g/mol. The average Bonchev–Trinajstić information content (AvgIpc) is 3.33. The number of amides is 3. The van der Waals surface area contributed by atoms with Crippen LogP contribution in [0, 0.1) is 11.8 Å². The molecular formula is C25H35N3O5. The lowest BCUT2D eigenvalue weighted by Gasteiger charge is -2.28. The Morgan fingerprint density at radius 2 is 1.82 bits per heavy atom. The normalized spacial score (nSPS) is 21.4. The van der Waals surface area contributed by atoms with Crippen LogP contribution in [0.2, 0.25) is 0 Å². The van der Waals surface area contributed by atoms with E-state index in [1.807, 2.05) is 71.9 Å². The van der Waals surface area contributed by atoms with Crippen molar-refractivity contribution in [2.75, 3.05) is 13.1 Å². The number of hydrogen-bond acceptors (Lipinski definition) is 5. The Balaban J connectivity index is 1.77. The third-order valence-electron chi connectivity index (χ3n) is 5.36. The zero-order valence-electron chi connectivity index (χ0n) is 20.3. The zero-order valence-corrected chi connectivity index (χ0v) is 20.3. The summed E-state index contributed by atoms with van der Waals surface area (Å²) in [4.78, 5) is 38.7. The largest absolute Gasteiger partial charge is 0.460 e. The summed E-state index contributed by atoms with van der Waals surface area (Å²) in [5.41, 5.74) is 0.725. The molecule has 0 aliphatic carbocycles. The third-order valence-corrected chi connectivity index (χ3v) is 5.36. The van der Waals surface area contributed by atoms with Gasteiger partial charge in [-0.15, -0.1) is 0 Å². The lowest BCUT2D eigenvalue weighted by atomic mass is 9.86. The van der Waals surface area contributed by atoms with Crippen LogP contribution in [0.4, 0.5) is 9.59 Å². The number of ether oxygens (including phenoxy) is 2. The average molecular weight is 458 g/mol. The molecule has 1 aromatic rings. The molecule has 1 fully saturated rings. The molecule has 0 spiro atoms. The van der Waals surface area contributed by atoms with E-state index in [0.29, 0.717) is 19.5 Å². The maximum absolute atomic E-state index is 13.2. The molecule has 3 atom stereocenters. The summed E-state index contributed by atoms with van der Waals surface area (Å²) >= 11 is 0. The third kappa shape index (κ3) is 6.97. The predicted molar refractivity (Wildman–Crippen MR) is 124 cm³/mol. The highest BCUT2D eigenvalue weighted by atomic mass is 16.6. The van der Waals surface area contributed by atoms with Crippen molar-refractivity contribution in [3.05, 3.63) is 47.7 Å². The highest BCUT2D eigenvalue weighted by Gasteiger charge is 2.36. The van der Waals surface area contributed by atoms with E-state index in [2.05, 4.69) is 10.6 Å². The van der Waals surface area contributed by atoms with Crippen LogP contribution in [-0.2, 0) is 20.7 Å². The molecule has 2 aliphatic heterocycles. The van der Waals surface area contributed by atoms with Gasteiger partial charge in [0.25, 0.3) is 0 Å². The fourth-order valence-electron chi connectivity index (χ4n) is 3.91. The molecule has 3 amide bonds. The van der Waals surface area contributed by atoms with Gasteiger partial charge >= 0.3 is 18.1 Å². The van der Waals surface area contributed by atoms with Crippen molar-refractivity contribution < 1.29 is 23.9 Å². The molecular weight excluding hydrogens is 422 g/mol. The van der Waals surface area contributed by atoms with Crippen LogP contribution in [0.1, 0.15) is 58.7 Å². The number of nitrogens with one attached hydrogen (secondary N) is 2. The fraction of sp³-hybridized carbons (Fsp3) is 0.560. The van der Waals surface area contributed by atoms with Crippen molar-refractivity contribution in [2.45, 2.75) is 65.2 Å². The first-order valence-corrected chi connectivity index (χ1v) is 11.3. The lowest BCUT2D eigenvalue weighted by molar-refractivity contribution is -0.161. The summed E-state index contributed by atoms with van der Waals surface area (Å²) in [6.07, 6.45) is 3.58. The van der Waals surface area contributed by atoms with Gasteiger partial charge in [-0.05, 0) is 59.1 Å². The molecule has 1 unspecified atom stereocenters. The van der Waals surface area contributed by atoms with E-state index in [-0.39, 0.29) is 24.0 Å². The molecule has 33 heavy (non-hydrogen) atoms. The van der Waals surface area contributed by atoms with Gasteiger partial charge in [-0.25, -0.2) is 9.59 Å².